The highest BCUT2D eigenvalue weighted by atomic mass is 32.2. The van der Waals surface area contributed by atoms with E-state index in [1.54, 1.807) is 36.0 Å². The van der Waals surface area contributed by atoms with Crippen molar-refractivity contribution in [3.8, 4) is 0 Å². The lowest BCUT2D eigenvalue weighted by Crippen LogP contribution is -2.32. The Labute approximate surface area is 171 Å². The predicted molar refractivity (Wildman–Crippen MR) is 113 cm³/mol. The largest absolute Gasteiger partial charge is 0.479 e. The number of hydrogen-bond acceptors (Lipinski definition) is 5. The smallest absolute Gasteiger partial charge is 0.261 e. The molecule has 0 spiro atoms. The number of carbonyl (C=O) groups excluding carboxylic acids is 2. The van der Waals surface area contributed by atoms with Gasteiger partial charge in [0.15, 0.2) is 0 Å². The Morgan fingerprint density at radius 1 is 1.19 bits per heavy atom. The van der Waals surface area contributed by atoms with E-state index >= 15 is 0 Å². The van der Waals surface area contributed by atoms with Gasteiger partial charge in [0.05, 0.1) is 17.7 Å². The molecule has 0 N–H and O–H groups in total. The maximum atomic E-state index is 12.6. The molecule has 2 aliphatic rings. The number of nitrogens with zero attached hydrogens (tertiary/aromatic N) is 1. The number of thiocarbonyl (C=S) groups is 1. The van der Waals surface area contributed by atoms with Gasteiger partial charge in [0, 0.05) is 11.8 Å². The van der Waals surface area contributed by atoms with E-state index in [9.17, 15) is 9.59 Å². The van der Waals surface area contributed by atoms with Gasteiger partial charge in [-0.15, -0.1) is 0 Å². The molecule has 1 atom stereocenters. The SMILES string of the molecule is CCOC(=S)SC(CCN1C(=O)c2ccccc2C1=O)CC1CCCCC1. The second-order valence-electron chi connectivity index (χ2n) is 7.26. The standard InChI is InChI=1S/C21H27NO3S2/c1-2-25-21(26)27-16(14-15-8-4-3-5-9-15)12-13-22-19(23)17-10-6-7-11-18(17)20(22)24/h6-7,10-11,15-16H,2-5,8-9,12-14H2,1H3. The zero-order valence-corrected chi connectivity index (χ0v) is 17.4. The molecule has 0 bridgehead atoms. The Morgan fingerprint density at radius 2 is 1.81 bits per heavy atom. The monoisotopic (exact) mass is 405 g/mol. The van der Waals surface area contributed by atoms with E-state index in [-0.39, 0.29) is 17.1 Å². The maximum Gasteiger partial charge on any atom is 0.261 e. The van der Waals surface area contributed by atoms with Crippen LogP contribution in [-0.2, 0) is 4.74 Å². The van der Waals surface area contributed by atoms with Crippen LogP contribution in [0.15, 0.2) is 24.3 Å². The first-order valence-corrected chi connectivity index (χ1v) is 11.2. The fraction of sp³-hybridized carbons (Fsp3) is 0.571. The summed E-state index contributed by atoms with van der Waals surface area (Å²) in [5.74, 6) is 0.358. The molecule has 6 heteroatoms. The molecule has 1 heterocycles. The van der Waals surface area contributed by atoms with Crippen molar-refractivity contribution >= 4 is 40.2 Å². The molecule has 0 radical (unpaired) electrons. The molecule has 0 saturated heterocycles. The number of imide groups is 1. The molecule has 27 heavy (non-hydrogen) atoms. The minimum absolute atomic E-state index is 0.176. The van der Waals surface area contributed by atoms with Crippen molar-refractivity contribution in [3.63, 3.8) is 0 Å². The normalized spacial score (nSPS) is 18.5. The number of fused-ring (bicyclic) bond motifs is 1. The first kappa shape index (κ1) is 20.3. The molecule has 3 rings (SSSR count). The summed E-state index contributed by atoms with van der Waals surface area (Å²) in [6.45, 7) is 2.94. The van der Waals surface area contributed by atoms with Crippen molar-refractivity contribution in [2.45, 2.75) is 57.1 Å². The summed E-state index contributed by atoms with van der Waals surface area (Å²) in [6, 6.07) is 7.06. The van der Waals surface area contributed by atoms with Gasteiger partial charge < -0.3 is 4.74 Å². The molecule has 146 valence electrons. The van der Waals surface area contributed by atoms with Gasteiger partial charge in [0.2, 0.25) is 4.38 Å². The fourth-order valence-electron chi connectivity index (χ4n) is 4.02. The molecular weight excluding hydrogens is 378 g/mol. The first-order valence-electron chi connectivity index (χ1n) is 9.88. The number of rotatable bonds is 7. The highest BCUT2D eigenvalue weighted by molar-refractivity contribution is 8.23. The van der Waals surface area contributed by atoms with E-state index in [1.165, 1.54) is 37.0 Å². The number of amides is 2. The molecule has 1 unspecified atom stereocenters. The summed E-state index contributed by atoms with van der Waals surface area (Å²) in [5.41, 5.74) is 1.03. The summed E-state index contributed by atoms with van der Waals surface area (Å²) in [5, 5.41) is 0.275. The van der Waals surface area contributed by atoms with Gasteiger partial charge in [-0.3, -0.25) is 14.5 Å². The highest BCUT2D eigenvalue weighted by Crippen LogP contribution is 2.33. The Hall–Kier alpha value is -1.40. The van der Waals surface area contributed by atoms with Crippen molar-refractivity contribution < 1.29 is 14.3 Å². The molecular formula is C21H27NO3S2. The zero-order valence-electron chi connectivity index (χ0n) is 15.8. The van der Waals surface area contributed by atoms with Gasteiger partial charge in [-0.05, 0) is 50.0 Å². The number of hydrogen-bond donors (Lipinski definition) is 0. The summed E-state index contributed by atoms with van der Waals surface area (Å²) in [6.07, 6.45) is 8.30. The Bertz CT molecular complexity index is 665. The molecule has 1 fully saturated rings. The quantitative estimate of drug-likeness (QED) is 0.468. The van der Waals surface area contributed by atoms with Crippen LogP contribution in [0.2, 0.25) is 0 Å². The second kappa shape index (κ2) is 9.69. The van der Waals surface area contributed by atoms with Crippen molar-refractivity contribution in [2.75, 3.05) is 13.2 Å². The fourth-order valence-corrected chi connectivity index (χ4v) is 5.60. The van der Waals surface area contributed by atoms with E-state index in [4.69, 9.17) is 17.0 Å². The lowest BCUT2D eigenvalue weighted by atomic mass is 9.85. The molecule has 4 nitrogen and oxygen atoms in total. The lowest BCUT2D eigenvalue weighted by Gasteiger charge is -2.27. The van der Waals surface area contributed by atoms with Gasteiger partial charge in [0.1, 0.15) is 0 Å². The van der Waals surface area contributed by atoms with E-state index in [0.717, 1.165) is 12.8 Å². The molecule has 1 aromatic carbocycles. The third-order valence-electron chi connectivity index (χ3n) is 5.40. The van der Waals surface area contributed by atoms with Crippen LogP contribution in [-0.4, -0.2) is 39.5 Å². The van der Waals surface area contributed by atoms with Gasteiger partial charge >= 0.3 is 0 Å². The van der Waals surface area contributed by atoms with Crippen molar-refractivity contribution in [1.82, 2.24) is 4.90 Å². The Morgan fingerprint density at radius 3 is 2.41 bits per heavy atom. The highest BCUT2D eigenvalue weighted by Gasteiger charge is 2.35. The van der Waals surface area contributed by atoms with Crippen molar-refractivity contribution in [1.29, 1.82) is 0 Å². The topological polar surface area (TPSA) is 46.6 Å². The minimum Gasteiger partial charge on any atom is -0.479 e. The summed E-state index contributed by atoms with van der Waals surface area (Å²) in [7, 11) is 0. The van der Waals surface area contributed by atoms with E-state index in [1.807, 2.05) is 6.92 Å². The van der Waals surface area contributed by atoms with Crippen molar-refractivity contribution in [2.24, 2.45) is 5.92 Å². The van der Waals surface area contributed by atoms with Crippen LogP contribution in [0.4, 0.5) is 0 Å². The average molecular weight is 406 g/mol. The maximum absolute atomic E-state index is 12.6. The average Bonchev–Trinajstić information content (AvgIpc) is 2.92. The number of ether oxygens (including phenoxy) is 1. The van der Waals surface area contributed by atoms with Crippen LogP contribution in [0, 0.1) is 5.92 Å². The molecule has 1 aliphatic carbocycles. The second-order valence-corrected chi connectivity index (χ2v) is 9.16. The minimum atomic E-state index is -0.176. The molecule has 1 aromatic rings. The number of carbonyl (C=O) groups is 2. The van der Waals surface area contributed by atoms with Gasteiger partial charge in [-0.2, -0.15) is 0 Å². The first-order chi connectivity index (χ1) is 13.1. The number of thioether (sulfide) groups is 1. The Kier molecular flexibility index (Phi) is 7.30. The number of benzene rings is 1. The van der Waals surface area contributed by atoms with Crippen molar-refractivity contribution in [3.05, 3.63) is 35.4 Å². The summed E-state index contributed by atoms with van der Waals surface area (Å²) < 4.78 is 6.04. The van der Waals surface area contributed by atoms with Gasteiger partial charge in [-0.1, -0.05) is 56.0 Å². The van der Waals surface area contributed by atoms with E-state index in [0.29, 0.717) is 34.6 Å². The molecule has 1 aliphatic heterocycles. The lowest BCUT2D eigenvalue weighted by molar-refractivity contribution is 0.0651. The summed E-state index contributed by atoms with van der Waals surface area (Å²) in [4.78, 5) is 26.6. The molecule has 0 aromatic heterocycles. The third kappa shape index (κ3) is 5.11. The van der Waals surface area contributed by atoms with E-state index < -0.39 is 0 Å². The Balaban J connectivity index is 1.62. The zero-order chi connectivity index (χ0) is 19.2. The molecule has 2 amide bonds. The van der Waals surface area contributed by atoms with Crippen LogP contribution >= 0.6 is 24.0 Å². The van der Waals surface area contributed by atoms with Gasteiger partial charge in [0.25, 0.3) is 11.8 Å². The molecule has 1 saturated carbocycles. The van der Waals surface area contributed by atoms with Crippen LogP contribution < -0.4 is 0 Å². The van der Waals surface area contributed by atoms with Crippen LogP contribution in [0.1, 0.15) is 72.6 Å². The van der Waals surface area contributed by atoms with E-state index in [2.05, 4.69) is 0 Å². The van der Waals surface area contributed by atoms with Gasteiger partial charge in [-0.25, -0.2) is 0 Å². The third-order valence-corrected chi connectivity index (χ3v) is 6.88. The predicted octanol–water partition coefficient (Wildman–Crippen LogP) is 5.07. The summed E-state index contributed by atoms with van der Waals surface area (Å²) >= 11 is 6.94. The van der Waals surface area contributed by atoms with Crippen LogP contribution in [0.3, 0.4) is 0 Å². The van der Waals surface area contributed by atoms with Crippen LogP contribution in [0.5, 0.6) is 0 Å². The van der Waals surface area contributed by atoms with Crippen LogP contribution in [0.25, 0.3) is 0 Å².